The fraction of sp³-hybridized carbons (Fsp3) is 0.700. The second kappa shape index (κ2) is 8.17. The van der Waals surface area contributed by atoms with E-state index in [4.69, 9.17) is 4.74 Å². The van der Waals surface area contributed by atoms with Gasteiger partial charge in [-0.05, 0) is 24.7 Å². The maximum Gasteiger partial charge on any atom is 0.306 e. The van der Waals surface area contributed by atoms with Crippen molar-refractivity contribution in [2.45, 2.75) is 26.7 Å². The molecule has 0 saturated carbocycles. The quantitative estimate of drug-likeness (QED) is 0.360. The van der Waals surface area contributed by atoms with Gasteiger partial charge in [-0.15, -0.1) is 0 Å². The average Bonchev–Trinajstić information content (AvgIpc) is 2.09. The van der Waals surface area contributed by atoms with Crippen molar-refractivity contribution in [3.05, 3.63) is 12.2 Å². The van der Waals surface area contributed by atoms with Gasteiger partial charge in [0.25, 0.3) is 0 Å². The topological polar surface area (TPSA) is 26.3 Å². The first kappa shape index (κ1) is 12.6. The summed E-state index contributed by atoms with van der Waals surface area (Å²) in [4.78, 5) is 11.0. The molecular formula is C10H18O2S. The summed E-state index contributed by atoms with van der Waals surface area (Å²) < 4.78 is 4.93. The van der Waals surface area contributed by atoms with Crippen LogP contribution in [0.15, 0.2) is 12.2 Å². The predicted molar refractivity (Wildman–Crippen MR) is 58.0 cm³/mol. The zero-order valence-electron chi connectivity index (χ0n) is 8.47. The van der Waals surface area contributed by atoms with Gasteiger partial charge < -0.3 is 4.74 Å². The normalized spacial score (nSPS) is 9.69. The molecule has 0 heterocycles. The molecule has 0 unspecified atom stereocenters. The molecule has 0 aromatic rings. The molecule has 0 N–H and O–H groups in total. The van der Waals surface area contributed by atoms with E-state index in [0.717, 1.165) is 23.5 Å². The van der Waals surface area contributed by atoms with Crippen LogP contribution in [0.3, 0.4) is 0 Å². The molecule has 0 saturated heterocycles. The van der Waals surface area contributed by atoms with Gasteiger partial charge in [0.1, 0.15) is 6.61 Å². The van der Waals surface area contributed by atoms with Crippen LogP contribution in [0.25, 0.3) is 0 Å². The molecule has 0 atom stereocenters. The maximum atomic E-state index is 11.0. The lowest BCUT2D eigenvalue weighted by Gasteiger charge is -2.03. The monoisotopic (exact) mass is 202 g/mol. The summed E-state index contributed by atoms with van der Waals surface area (Å²) in [5, 5.41) is 0. The highest BCUT2D eigenvalue weighted by molar-refractivity contribution is 7.99. The highest BCUT2D eigenvalue weighted by Crippen LogP contribution is 2.04. The van der Waals surface area contributed by atoms with Gasteiger partial charge in [-0.1, -0.05) is 13.5 Å². The summed E-state index contributed by atoms with van der Waals surface area (Å²) in [6.45, 7) is 7.99. The van der Waals surface area contributed by atoms with Gasteiger partial charge in [0.2, 0.25) is 0 Å². The Kier molecular flexibility index (Phi) is 7.90. The summed E-state index contributed by atoms with van der Waals surface area (Å²) in [7, 11) is 0. The second-order valence-corrected chi connectivity index (χ2v) is 4.20. The summed E-state index contributed by atoms with van der Waals surface area (Å²) in [6.07, 6.45) is 1.67. The highest BCUT2D eigenvalue weighted by Gasteiger charge is 2.01. The predicted octanol–water partition coefficient (Wildman–Crippen LogP) is 2.64. The molecule has 2 nitrogen and oxygen atoms in total. The largest absolute Gasteiger partial charge is 0.461 e. The Labute approximate surface area is 84.7 Å². The summed E-state index contributed by atoms with van der Waals surface area (Å²) in [5.41, 5.74) is 0.884. The van der Waals surface area contributed by atoms with Gasteiger partial charge in [-0.3, -0.25) is 4.79 Å². The smallest absolute Gasteiger partial charge is 0.306 e. The van der Waals surface area contributed by atoms with Gasteiger partial charge >= 0.3 is 5.97 Å². The van der Waals surface area contributed by atoms with Crippen LogP contribution in [0.2, 0.25) is 0 Å². The van der Waals surface area contributed by atoms with E-state index >= 15 is 0 Å². The van der Waals surface area contributed by atoms with E-state index in [2.05, 4.69) is 13.5 Å². The molecular weight excluding hydrogens is 184 g/mol. The molecule has 3 heteroatoms. The Morgan fingerprint density at radius 1 is 1.46 bits per heavy atom. The van der Waals surface area contributed by atoms with Crippen LogP contribution in [0, 0.1) is 0 Å². The Bertz CT molecular complexity index is 166. The van der Waals surface area contributed by atoms with Crippen LogP contribution in [0.4, 0.5) is 0 Å². The number of rotatable bonds is 7. The van der Waals surface area contributed by atoms with Gasteiger partial charge in [0.15, 0.2) is 0 Å². The Morgan fingerprint density at radius 3 is 2.69 bits per heavy atom. The molecule has 13 heavy (non-hydrogen) atoms. The van der Waals surface area contributed by atoms with Gasteiger partial charge in [0, 0.05) is 5.75 Å². The van der Waals surface area contributed by atoms with Crippen molar-refractivity contribution in [2.75, 3.05) is 18.1 Å². The summed E-state index contributed by atoms with van der Waals surface area (Å²) in [5.74, 6) is 1.86. The Balaban J connectivity index is 3.25. The molecule has 0 bridgehead atoms. The van der Waals surface area contributed by atoms with Crippen LogP contribution in [0.1, 0.15) is 26.7 Å². The zero-order valence-corrected chi connectivity index (χ0v) is 9.28. The lowest BCUT2D eigenvalue weighted by molar-refractivity contribution is -0.142. The highest BCUT2D eigenvalue weighted by atomic mass is 32.2. The van der Waals surface area contributed by atoms with Crippen molar-refractivity contribution in [2.24, 2.45) is 0 Å². The molecule has 0 aliphatic heterocycles. The van der Waals surface area contributed by atoms with Crippen LogP contribution < -0.4 is 0 Å². The SMILES string of the molecule is C=C(C)COC(=O)CCSCCC. The van der Waals surface area contributed by atoms with Gasteiger partial charge in [-0.25, -0.2) is 0 Å². The average molecular weight is 202 g/mol. The number of hydrogen-bond acceptors (Lipinski definition) is 3. The van der Waals surface area contributed by atoms with Crippen molar-refractivity contribution in [3.8, 4) is 0 Å². The van der Waals surface area contributed by atoms with Crippen molar-refractivity contribution >= 4 is 17.7 Å². The minimum absolute atomic E-state index is 0.119. The third kappa shape index (κ3) is 9.47. The number of thioether (sulfide) groups is 1. The van der Waals surface area contributed by atoms with Crippen LogP contribution in [-0.4, -0.2) is 24.1 Å². The van der Waals surface area contributed by atoms with E-state index in [1.54, 1.807) is 11.8 Å². The van der Waals surface area contributed by atoms with Crippen LogP contribution >= 0.6 is 11.8 Å². The van der Waals surface area contributed by atoms with Crippen molar-refractivity contribution < 1.29 is 9.53 Å². The fourth-order valence-electron chi connectivity index (χ4n) is 0.678. The van der Waals surface area contributed by atoms with E-state index in [0.29, 0.717) is 13.0 Å². The minimum Gasteiger partial charge on any atom is -0.461 e. The Hall–Kier alpha value is -0.440. The fourth-order valence-corrected chi connectivity index (χ4v) is 1.48. The molecule has 0 aliphatic rings. The van der Waals surface area contributed by atoms with Gasteiger partial charge in [0.05, 0.1) is 6.42 Å². The van der Waals surface area contributed by atoms with E-state index in [1.807, 2.05) is 6.92 Å². The first-order chi connectivity index (χ1) is 6.16. The van der Waals surface area contributed by atoms with E-state index in [9.17, 15) is 4.79 Å². The number of carbonyl (C=O) groups excluding carboxylic acids is 1. The second-order valence-electron chi connectivity index (χ2n) is 2.98. The molecule has 0 aliphatic carbocycles. The van der Waals surface area contributed by atoms with E-state index in [1.165, 1.54) is 0 Å². The number of ether oxygens (including phenoxy) is 1. The molecule has 0 rings (SSSR count). The molecule has 0 radical (unpaired) electrons. The molecule has 0 amide bonds. The molecule has 0 aromatic carbocycles. The first-order valence-corrected chi connectivity index (χ1v) is 5.70. The van der Waals surface area contributed by atoms with E-state index < -0.39 is 0 Å². The lowest BCUT2D eigenvalue weighted by Crippen LogP contribution is -2.07. The number of hydrogen-bond donors (Lipinski definition) is 0. The first-order valence-electron chi connectivity index (χ1n) is 4.54. The number of carbonyl (C=O) groups is 1. The molecule has 0 aromatic heterocycles. The summed E-state index contributed by atoms with van der Waals surface area (Å²) in [6, 6.07) is 0. The third-order valence-corrected chi connectivity index (χ3v) is 2.47. The van der Waals surface area contributed by atoms with Crippen molar-refractivity contribution in [1.29, 1.82) is 0 Å². The number of esters is 1. The lowest BCUT2D eigenvalue weighted by atomic mass is 10.4. The van der Waals surface area contributed by atoms with Crippen molar-refractivity contribution in [3.63, 3.8) is 0 Å². The van der Waals surface area contributed by atoms with E-state index in [-0.39, 0.29) is 5.97 Å². The van der Waals surface area contributed by atoms with Gasteiger partial charge in [-0.2, -0.15) is 11.8 Å². The van der Waals surface area contributed by atoms with Crippen LogP contribution in [0.5, 0.6) is 0 Å². The Morgan fingerprint density at radius 2 is 2.15 bits per heavy atom. The zero-order chi connectivity index (χ0) is 10.1. The molecule has 0 fully saturated rings. The maximum absolute atomic E-state index is 11.0. The minimum atomic E-state index is -0.119. The third-order valence-electron chi connectivity index (χ3n) is 1.28. The summed E-state index contributed by atoms with van der Waals surface area (Å²) >= 11 is 1.79. The standard InChI is InChI=1S/C10H18O2S/c1-4-6-13-7-5-10(11)12-8-9(2)3/h2,4-8H2,1,3H3. The van der Waals surface area contributed by atoms with Crippen molar-refractivity contribution in [1.82, 2.24) is 0 Å². The molecule has 0 spiro atoms. The van der Waals surface area contributed by atoms with Crippen LogP contribution in [-0.2, 0) is 9.53 Å². The molecule has 76 valence electrons.